The molecule has 0 N–H and O–H groups in total. The van der Waals surface area contributed by atoms with E-state index in [1.165, 1.54) is 6.26 Å². The molecule has 0 amide bonds. The highest BCUT2D eigenvalue weighted by Crippen LogP contribution is 2.32. The van der Waals surface area contributed by atoms with Crippen LogP contribution in [0.4, 0.5) is 0 Å². The van der Waals surface area contributed by atoms with Gasteiger partial charge in [-0.2, -0.15) is 0 Å². The molecule has 0 radical (unpaired) electrons. The van der Waals surface area contributed by atoms with Gasteiger partial charge in [0.2, 0.25) is 0 Å². The molecule has 1 aliphatic rings. The minimum Gasteiger partial charge on any atom is -0.492 e. The van der Waals surface area contributed by atoms with E-state index in [1.54, 1.807) is 31.4 Å². The van der Waals surface area contributed by atoms with Gasteiger partial charge in [0.25, 0.3) is 0 Å². The molecule has 1 unspecified atom stereocenters. The number of furan rings is 1. The normalized spacial score (nSPS) is 18.3. The van der Waals surface area contributed by atoms with E-state index in [2.05, 4.69) is 4.90 Å². The Morgan fingerprint density at radius 1 is 1.27 bits per heavy atom. The number of nitrogens with zero attached hydrogens (tertiary/aromatic N) is 1. The van der Waals surface area contributed by atoms with Crippen LogP contribution in [0.5, 0.6) is 5.75 Å². The number of rotatable bonds is 8. The summed E-state index contributed by atoms with van der Waals surface area (Å²) in [4.78, 5) is 2.62. The molecule has 3 rings (SSSR count). The molecule has 0 aliphatic carbocycles. The average molecular weight is 379 g/mol. The summed E-state index contributed by atoms with van der Waals surface area (Å²) in [7, 11) is -1.57. The van der Waals surface area contributed by atoms with E-state index < -0.39 is 9.84 Å². The van der Waals surface area contributed by atoms with Crippen molar-refractivity contribution in [1.82, 2.24) is 4.90 Å². The lowest BCUT2D eigenvalue weighted by Gasteiger charge is -2.22. The smallest absolute Gasteiger partial charge is 0.175 e. The Hall–Kier alpha value is -1.83. The van der Waals surface area contributed by atoms with Crippen LogP contribution in [0.15, 0.2) is 45.7 Å². The number of sulfone groups is 1. The van der Waals surface area contributed by atoms with Crippen LogP contribution in [0, 0.1) is 0 Å². The summed E-state index contributed by atoms with van der Waals surface area (Å²) >= 11 is 0. The Morgan fingerprint density at radius 2 is 2.12 bits per heavy atom. The second-order valence-corrected chi connectivity index (χ2v) is 8.54. The standard InChI is InChI=1S/C19H25NO5S/c1-23-14-16-8-9-19(25-16)18-7-4-10-20(18)11-12-24-15-5-3-6-17(13-15)26(2,21)22/h3,5-6,8-9,13,18H,4,7,10-12,14H2,1-2H3. The fourth-order valence-corrected chi connectivity index (χ4v) is 3.94. The van der Waals surface area contributed by atoms with Gasteiger partial charge in [0.15, 0.2) is 9.84 Å². The van der Waals surface area contributed by atoms with Crippen LogP contribution < -0.4 is 4.74 Å². The van der Waals surface area contributed by atoms with Gasteiger partial charge in [0.1, 0.15) is 30.5 Å². The van der Waals surface area contributed by atoms with Gasteiger partial charge in [-0.3, -0.25) is 4.90 Å². The van der Waals surface area contributed by atoms with Gasteiger partial charge in [-0.1, -0.05) is 6.07 Å². The number of ether oxygens (including phenoxy) is 2. The predicted octanol–water partition coefficient (Wildman–Crippen LogP) is 3.05. The van der Waals surface area contributed by atoms with Gasteiger partial charge in [0.05, 0.1) is 10.9 Å². The van der Waals surface area contributed by atoms with E-state index in [1.807, 2.05) is 12.1 Å². The molecule has 0 bridgehead atoms. The predicted molar refractivity (Wildman–Crippen MR) is 98.0 cm³/mol. The van der Waals surface area contributed by atoms with E-state index in [-0.39, 0.29) is 10.9 Å². The van der Waals surface area contributed by atoms with E-state index in [4.69, 9.17) is 13.9 Å². The van der Waals surface area contributed by atoms with Crippen molar-refractivity contribution in [2.24, 2.45) is 0 Å². The molecular weight excluding hydrogens is 354 g/mol. The molecule has 1 saturated heterocycles. The summed E-state index contributed by atoms with van der Waals surface area (Å²) in [6.07, 6.45) is 3.38. The van der Waals surface area contributed by atoms with Crippen molar-refractivity contribution in [2.75, 3.05) is 33.1 Å². The molecule has 26 heavy (non-hydrogen) atoms. The Balaban J connectivity index is 1.57. The lowest BCUT2D eigenvalue weighted by molar-refractivity contribution is 0.151. The molecule has 2 heterocycles. The zero-order chi connectivity index (χ0) is 18.6. The lowest BCUT2D eigenvalue weighted by Crippen LogP contribution is -2.28. The summed E-state index contributed by atoms with van der Waals surface area (Å²) in [5.74, 6) is 2.38. The first-order valence-electron chi connectivity index (χ1n) is 8.72. The van der Waals surface area contributed by atoms with Gasteiger partial charge in [-0.15, -0.1) is 0 Å². The number of likely N-dealkylation sites (tertiary alicyclic amines) is 1. The maximum absolute atomic E-state index is 11.6. The summed E-state index contributed by atoms with van der Waals surface area (Å²) in [5, 5.41) is 0. The van der Waals surface area contributed by atoms with Crippen molar-refractivity contribution in [3.05, 3.63) is 47.9 Å². The molecule has 6 nitrogen and oxygen atoms in total. The Bertz CT molecular complexity index is 830. The molecule has 1 atom stereocenters. The first kappa shape index (κ1) is 18.9. The molecule has 1 aromatic heterocycles. The lowest BCUT2D eigenvalue weighted by atomic mass is 10.2. The van der Waals surface area contributed by atoms with E-state index >= 15 is 0 Å². The highest BCUT2D eigenvalue weighted by Gasteiger charge is 2.28. The minimum atomic E-state index is -3.23. The second kappa shape index (κ2) is 8.24. The second-order valence-electron chi connectivity index (χ2n) is 6.53. The largest absolute Gasteiger partial charge is 0.492 e. The van der Waals surface area contributed by atoms with Crippen LogP contribution in [0.2, 0.25) is 0 Å². The third kappa shape index (κ3) is 4.66. The number of hydrogen-bond donors (Lipinski definition) is 0. The molecule has 0 spiro atoms. The van der Waals surface area contributed by atoms with Crippen LogP contribution in [-0.2, 0) is 21.2 Å². The molecule has 0 saturated carbocycles. The maximum Gasteiger partial charge on any atom is 0.175 e. The van der Waals surface area contributed by atoms with E-state index in [0.717, 1.165) is 37.5 Å². The Kier molecular flexibility index (Phi) is 6.01. The van der Waals surface area contributed by atoms with Crippen molar-refractivity contribution < 1.29 is 22.3 Å². The quantitative estimate of drug-likeness (QED) is 0.702. The molecular formula is C19H25NO5S. The Morgan fingerprint density at radius 3 is 2.88 bits per heavy atom. The van der Waals surface area contributed by atoms with Gasteiger partial charge < -0.3 is 13.9 Å². The van der Waals surface area contributed by atoms with Crippen molar-refractivity contribution in [2.45, 2.75) is 30.4 Å². The van der Waals surface area contributed by atoms with Crippen molar-refractivity contribution in [3.63, 3.8) is 0 Å². The average Bonchev–Trinajstić information content (AvgIpc) is 3.24. The highest BCUT2D eigenvalue weighted by molar-refractivity contribution is 7.90. The zero-order valence-corrected chi connectivity index (χ0v) is 16.0. The highest BCUT2D eigenvalue weighted by atomic mass is 32.2. The summed E-state index contributed by atoms with van der Waals surface area (Å²) in [6.45, 7) is 2.73. The number of methoxy groups -OCH3 is 1. The number of hydrogen-bond acceptors (Lipinski definition) is 6. The maximum atomic E-state index is 11.6. The van der Waals surface area contributed by atoms with Crippen molar-refractivity contribution >= 4 is 9.84 Å². The van der Waals surface area contributed by atoms with Crippen LogP contribution in [0.3, 0.4) is 0 Å². The van der Waals surface area contributed by atoms with Crippen LogP contribution >= 0.6 is 0 Å². The summed E-state index contributed by atoms with van der Waals surface area (Å²) in [5.41, 5.74) is 0. The van der Waals surface area contributed by atoms with Gasteiger partial charge in [-0.05, 0) is 49.7 Å². The monoisotopic (exact) mass is 379 g/mol. The first-order valence-corrected chi connectivity index (χ1v) is 10.6. The Labute approximate surface area is 154 Å². The topological polar surface area (TPSA) is 69.0 Å². The van der Waals surface area contributed by atoms with Crippen molar-refractivity contribution in [1.29, 1.82) is 0 Å². The van der Waals surface area contributed by atoms with Crippen LogP contribution in [-0.4, -0.2) is 46.4 Å². The third-order valence-corrected chi connectivity index (χ3v) is 5.65. The SMILES string of the molecule is COCc1ccc(C2CCCN2CCOc2cccc(S(C)(=O)=O)c2)o1. The molecule has 1 aromatic carbocycles. The summed E-state index contributed by atoms with van der Waals surface area (Å²) < 4.78 is 40.0. The van der Waals surface area contributed by atoms with E-state index in [0.29, 0.717) is 19.0 Å². The number of benzene rings is 1. The molecule has 1 fully saturated rings. The van der Waals surface area contributed by atoms with E-state index in [9.17, 15) is 8.42 Å². The molecule has 142 valence electrons. The van der Waals surface area contributed by atoms with Crippen LogP contribution in [0.1, 0.15) is 30.4 Å². The molecule has 2 aromatic rings. The summed E-state index contributed by atoms with van der Waals surface area (Å²) in [6, 6.07) is 10.9. The first-order chi connectivity index (χ1) is 12.5. The third-order valence-electron chi connectivity index (χ3n) is 4.54. The fraction of sp³-hybridized carbons (Fsp3) is 0.474. The fourth-order valence-electron chi connectivity index (χ4n) is 3.28. The molecule has 7 heteroatoms. The zero-order valence-electron chi connectivity index (χ0n) is 15.2. The van der Waals surface area contributed by atoms with Crippen molar-refractivity contribution in [3.8, 4) is 5.75 Å². The minimum absolute atomic E-state index is 0.256. The van der Waals surface area contributed by atoms with Gasteiger partial charge >= 0.3 is 0 Å². The van der Waals surface area contributed by atoms with Crippen LogP contribution in [0.25, 0.3) is 0 Å². The van der Waals surface area contributed by atoms with Gasteiger partial charge in [0, 0.05) is 19.9 Å². The van der Waals surface area contributed by atoms with Gasteiger partial charge in [-0.25, -0.2) is 8.42 Å². The molecule has 1 aliphatic heterocycles.